The molecule has 2 amide bonds. The standard InChI is InChI=1S/C28H23FN6O3S/c29-25-11-6-18(15-32-25)23-9-10-24(39-23)27(38)34-28-33-20-14-19(7-8-21(20)35(28)13-12-26(30)37)31-16-22(36)17-4-2-1-3-5-17/h1-11,14-15,31H,12-13,16H2,(H2,30,37)(H,33,34,38). The Morgan fingerprint density at radius 3 is 2.56 bits per heavy atom. The monoisotopic (exact) mass is 542 g/mol. The van der Waals surface area contributed by atoms with Crippen LogP contribution in [0.2, 0.25) is 0 Å². The fourth-order valence-corrected chi connectivity index (χ4v) is 4.88. The quantitative estimate of drug-likeness (QED) is 0.173. The van der Waals surface area contributed by atoms with E-state index in [-0.39, 0.29) is 37.1 Å². The van der Waals surface area contributed by atoms with Crippen LogP contribution in [0.15, 0.2) is 79.0 Å². The topological polar surface area (TPSA) is 132 Å². The van der Waals surface area contributed by atoms with Crippen LogP contribution in [0.1, 0.15) is 26.5 Å². The van der Waals surface area contributed by atoms with Crippen molar-refractivity contribution in [2.45, 2.75) is 13.0 Å². The number of imidazole rings is 1. The minimum absolute atomic E-state index is 0.0534. The smallest absolute Gasteiger partial charge is 0.268 e. The van der Waals surface area contributed by atoms with Crippen molar-refractivity contribution in [2.24, 2.45) is 5.73 Å². The summed E-state index contributed by atoms with van der Waals surface area (Å²) in [6, 6.07) is 20.7. The highest BCUT2D eigenvalue weighted by molar-refractivity contribution is 7.17. The number of amides is 2. The van der Waals surface area contributed by atoms with E-state index in [0.717, 1.165) is 4.88 Å². The van der Waals surface area contributed by atoms with Gasteiger partial charge in [0, 0.05) is 40.9 Å². The van der Waals surface area contributed by atoms with Crippen molar-refractivity contribution in [2.75, 3.05) is 17.2 Å². The lowest BCUT2D eigenvalue weighted by Crippen LogP contribution is -2.18. The highest BCUT2D eigenvalue weighted by Crippen LogP contribution is 2.29. The van der Waals surface area contributed by atoms with Gasteiger partial charge in [0.25, 0.3) is 5.91 Å². The van der Waals surface area contributed by atoms with E-state index in [2.05, 4.69) is 20.6 Å². The van der Waals surface area contributed by atoms with E-state index in [4.69, 9.17) is 5.73 Å². The van der Waals surface area contributed by atoms with Gasteiger partial charge in [0.2, 0.25) is 17.8 Å². The van der Waals surface area contributed by atoms with E-state index in [9.17, 15) is 18.8 Å². The average molecular weight is 543 g/mol. The Kier molecular flexibility index (Phi) is 7.41. The molecule has 11 heteroatoms. The Morgan fingerprint density at radius 2 is 1.82 bits per heavy atom. The number of carbonyl (C=O) groups is 3. The van der Waals surface area contributed by atoms with Gasteiger partial charge in [-0.2, -0.15) is 4.39 Å². The lowest BCUT2D eigenvalue weighted by Gasteiger charge is -2.09. The summed E-state index contributed by atoms with van der Waals surface area (Å²) < 4.78 is 14.9. The summed E-state index contributed by atoms with van der Waals surface area (Å²) >= 11 is 1.23. The molecule has 0 aliphatic heterocycles. The number of nitrogens with zero attached hydrogens (tertiary/aromatic N) is 3. The lowest BCUT2D eigenvalue weighted by molar-refractivity contribution is -0.118. The molecule has 0 unspecified atom stereocenters. The second-order valence-electron chi connectivity index (χ2n) is 8.64. The first-order chi connectivity index (χ1) is 18.9. The molecule has 0 saturated carbocycles. The molecule has 0 radical (unpaired) electrons. The van der Waals surface area contributed by atoms with Gasteiger partial charge in [-0.3, -0.25) is 19.7 Å². The maximum Gasteiger partial charge on any atom is 0.268 e. The third kappa shape index (κ3) is 5.99. The summed E-state index contributed by atoms with van der Waals surface area (Å²) in [5.74, 6) is -1.25. The van der Waals surface area contributed by atoms with E-state index in [1.165, 1.54) is 23.6 Å². The Balaban J connectivity index is 1.36. The number of fused-ring (bicyclic) bond motifs is 1. The number of nitrogens with one attached hydrogen (secondary N) is 2. The molecule has 0 aliphatic rings. The first kappa shape index (κ1) is 25.7. The molecule has 0 saturated heterocycles. The Hall–Kier alpha value is -4.90. The number of aromatic nitrogens is 3. The predicted octanol–water partition coefficient (Wildman–Crippen LogP) is 4.72. The van der Waals surface area contributed by atoms with Crippen molar-refractivity contribution < 1.29 is 18.8 Å². The molecule has 5 aromatic rings. The zero-order valence-electron chi connectivity index (χ0n) is 20.6. The summed E-state index contributed by atoms with van der Waals surface area (Å²) in [5, 5.41) is 5.94. The van der Waals surface area contributed by atoms with E-state index in [1.807, 2.05) is 18.2 Å². The summed E-state index contributed by atoms with van der Waals surface area (Å²) in [6.45, 7) is 0.323. The number of nitrogens with two attached hydrogens (primary N) is 1. The fraction of sp³-hybridized carbons (Fsp3) is 0.107. The van der Waals surface area contributed by atoms with Crippen LogP contribution in [0.3, 0.4) is 0 Å². The number of benzene rings is 2. The number of pyridine rings is 1. The lowest BCUT2D eigenvalue weighted by atomic mass is 10.1. The number of primary amides is 1. The SMILES string of the molecule is NC(=O)CCn1c(NC(=O)c2ccc(-c3ccc(F)nc3)s2)nc2cc(NCC(=O)c3ccccc3)ccc21. The van der Waals surface area contributed by atoms with Crippen molar-refractivity contribution >= 4 is 51.6 Å². The van der Waals surface area contributed by atoms with Gasteiger partial charge in [0.1, 0.15) is 0 Å². The molecule has 39 heavy (non-hydrogen) atoms. The largest absolute Gasteiger partial charge is 0.378 e. The van der Waals surface area contributed by atoms with E-state index >= 15 is 0 Å². The number of aryl methyl sites for hydroxylation is 1. The predicted molar refractivity (Wildman–Crippen MR) is 148 cm³/mol. The molecular formula is C28H23FN6O3S. The van der Waals surface area contributed by atoms with E-state index in [0.29, 0.717) is 32.7 Å². The summed E-state index contributed by atoms with van der Waals surface area (Å²) in [7, 11) is 0. The van der Waals surface area contributed by atoms with Gasteiger partial charge in [-0.1, -0.05) is 30.3 Å². The number of Topliss-reactive ketones (excluding diaryl/α,β-unsaturated/α-hetero) is 1. The van der Waals surface area contributed by atoms with Crippen LogP contribution in [-0.4, -0.2) is 38.7 Å². The Labute approximate surface area is 226 Å². The zero-order chi connectivity index (χ0) is 27.4. The molecule has 5 rings (SSSR count). The maximum absolute atomic E-state index is 13.2. The molecule has 196 valence electrons. The molecule has 0 fully saturated rings. The normalized spacial score (nSPS) is 10.9. The molecule has 3 heterocycles. The molecular weight excluding hydrogens is 519 g/mol. The number of rotatable bonds is 10. The van der Waals surface area contributed by atoms with Gasteiger partial charge in [0.05, 0.1) is 22.5 Å². The van der Waals surface area contributed by atoms with E-state index in [1.54, 1.807) is 53.1 Å². The van der Waals surface area contributed by atoms with Crippen LogP contribution in [0.25, 0.3) is 21.5 Å². The van der Waals surface area contributed by atoms with Crippen LogP contribution in [0.5, 0.6) is 0 Å². The van der Waals surface area contributed by atoms with Gasteiger partial charge in [-0.15, -0.1) is 11.3 Å². The third-order valence-electron chi connectivity index (χ3n) is 5.95. The molecule has 3 aromatic heterocycles. The number of ketones is 1. The van der Waals surface area contributed by atoms with Gasteiger partial charge in [-0.25, -0.2) is 9.97 Å². The first-order valence-corrected chi connectivity index (χ1v) is 12.8. The molecule has 0 aliphatic carbocycles. The first-order valence-electron chi connectivity index (χ1n) is 12.0. The zero-order valence-corrected chi connectivity index (χ0v) is 21.4. The maximum atomic E-state index is 13.2. The molecule has 9 nitrogen and oxygen atoms in total. The Bertz CT molecular complexity index is 1660. The minimum atomic E-state index is -0.579. The van der Waals surface area contributed by atoms with Gasteiger partial charge >= 0.3 is 0 Å². The average Bonchev–Trinajstić information content (AvgIpc) is 3.56. The summed E-state index contributed by atoms with van der Waals surface area (Å²) in [6.07, 6.45) is 1.46. The highest BCUT2D eigenvalue weighted by Gasteiger charge is 2.17. The summed E-state index contributed by atoms with van der Waals surface area (Å²) in [5.41, 5.74) is 8.62. The molecule has 4 N–H and O–H groups in total. The van der Waals surface area contributed by atoms with Crippen LogP contribution in [0.4, 0.5) is 16.0 Å². The molecule has 0 spiro atoms. The molecule has 0 bridgehead atoms. The number of hydrogen-bond acceptors (Lipinski definition) is 7. The molecule has 2 aromatic carbocycles. The number of halogens is 1. The van der Waals surface area contributed by atoms with Crippen molar-refractivity contribution in [3.8, 4) is 10.4 Å². The molecule has 0 atom stereocenters. The second-order valence-corrected chi connectivity index (χ2v) is 9.72. The van der Waals surface area contributed by atoms with Gasteiger partial charge in [-0.05, 0) is 42.5 Å². The number of hydrogen-bond donors (Lipinski definition) is 3. The van der Waals surface area contributed by atoms with Crippen molar-refractivity contribution in [3.63, 3.8) is 0 Å². The number of anilines is 2. The Morgan fingerprint density at radius 1 is 1.00 bits per heavy atom. The number of carbonyl (C=O) groups excluding carboxylic acids is 3. The van der Waals surface area contributed by atoms with Crippen LogP contribution >= 0.6 is 11.3 Å². The minimum Gasteiger partial charge on any atom is -0.378 e. The van der Waals surface area contributed by atoms with Crippen LogP contribution < -0.4 is 16.4 Å². The van der Waals surface area contributed by atoms with Crippen LogP contribution in [-0.2, 0) is 11.3 Å². The third-order valence-corrected chi connectivity index (χ3v) is 7.08. The van der Waals surface area contributed by atoms with Crippen molar-refractivity contribution in [1.82, 2.24) is 14.5 Å². The fourth-order valence-electron chi connectivity index (χ4n) is 3.99. The van der Waals surface area contributed by atoms with E-state index < -0.39 is 11.9 Å². The second kappa shape index (κ2) is 11.2. The summed E-state index contributed by atoms with van der Waals surface area (Å²) in [4.78, 5) is 46.5. The van der Waals surface area contributed by atoms with Gasteiger partial charge in [0.15, 0.2) is 5.78 Å². The van der Waals surface area contributed by atoms with Gasteiger partial charge < -0.3 is 15.6 Å². The van der Waals surface area contributed by atoms with Crippen molar-refractivity contribution in [3.05, 3.63) is 95.4 Å². The van der Waals surface area contributed by atoms with Crippen molar-refractivity contribution in [1.29, 1.82) is 0 Å². The highest BCUT2D eigenvalue weighted by atomic mass is 32.1. The number of thiophene rings is 1. The van der Waals surface area contributed by atoms with Crippen LogP contribution in [0, 0.1) is 5.95 Å².